The van der Waals surface area contributed by atoms with Gasteiger partial charge in [-0.15, -0.1) is 0 Å². The smallest absolute Gasteiger partial charge is 0.287 e. The standard InChI is InChI=1S/C23H24ClNO6S/c1-28-18-10-8-15(21(29-2)22(18)30-3)12-13-25-23(26)19-11-9-16(31-19)14-32(27)20-7-5-4-6-17(20)24/h4-11H,12-14H2,1-3H3,(H,25,26)/t32-/m0/s1. The van der Waals surface area contributed by atoms with E-state index in [-0.39, 0.29) is 17.4 Å². The highest BCUT2D eigenvalue weighted by Gasteiger charge is 2.17. The summed E-state index contributed by atoms with van der Waals surface area (Å²) in [5.41, 5.74) is 0.862. The van der Waals surface area contributed by atoms with E-state index >= 15 is 0 Å². The number of rotatable bonds is 10. The lowest BCUT2D eigenvalue weighted by atomic mass is 10.1. The number of nitrogens with one attached hydrogen (secondary N) is 1. The molecule has 2 aromatic carbocycles. The number of hydrogen-bond acceptors (Lipinski definition) is 6. The van der Waals surface area contributed by atoms with Crippen LogP contribution < -0.4 is 19.5 Å². The molecule has 0 unspecified atom stereocenters. The molecular weight excluding hydrogens is 454 g/mol. The molecule has 0 spiro atoms. The van der Waals surface area contributed by atoms with Crippen molar-refractivity contribution in [3.8, 4) is 17.2 Å². The lowest BCUT2D eigenvalue weighted by Gasteiger charge is -2.15. The highest BCUT2D eigenvalue weighted by atomic mass is 35.5. The van der Waals surface area contributed by atoms with Crippen LogP contribution in [0.5, 0.6) is 17.2 Å². The maximum absolute atomic E-state index is 12.5. The molecule has 1 heterocycles. The van der Waals surface area contributed by atoms with Gasteiger partial charge >= 0.3 is 0 Å². The van der Waals surface area contributed by atoms with Gasteiger partial charge in [-0.05, 0) is 36.8 Å². The third-order valence-electron chi connectivity index (χ3n) is 4.71. The lowest BCUT2D eigenvalue weighted by molar-refractivity contribution is 0.0925. The highest BCUT2D eigenvalue weighted by Crippen LogP contribution is 2.39. The molecule has 0 saturated heterocycles. The van der Waals surface area contributed by atoms with E-state index in [0.29, 0.717) is 45.9 Å². The number of carbonyl (C=O) groups excluding carboxylic acids is 1. The summed E-state index contributed by atoms with van der Waals surface area (Å²) >= 11 is 6.09. The second-order valence-electron chi connectivity index (χ2n) is 6.69. The molecule has 0 radical (unpaired) electrons. The normalized spacial score (nSPS) is 11.6. The van der Waals surface area contributed by atoms with Gasteiger partial charge in [0, 0.05) is 12.1 Å². The summed E-state index contributed by atoms with van der Waals surface area (Å²) in [4.78, 5) is 13.0. The van der Waals surface area contributed by atoms with E-state index < -0.39 is 10.8 Å². The van der Waals surface area contributed by atoms with Crippen molar-refractivity contribution in [3.05, 3.63) is 70.6 Å². The Labute approximate surface area is 194 Å². The molecule has 0 bridgehead atoms. The molecule has 7 nitrogen and oxygen atoms in total. The average molecular weight is 478 g/mol. The number of benzene rings is 2. The minimum atomic E-state index is -1.38. The number of methoxy groups -OCH3 is 3. The van der Waals surface area contributed by atoms with Crippen molar-refractivity contribution in [2.45, 2.75) is 17.1 Å². The molecule has 0 fully saturated rings. The van der Waals surface area contributed by atoms with Gasteiger partial charge in [0.15, 0.2) is 17.3 Å². The Morgan fingerprint density at radius 3 is 2.44 bits per heavy atom. The number of ether oxygens (including phenoxy) is 3. The zero-order valence-electron chi connectivity index (χ0n) is 18.0. The van der Waals surface area contributed by atoms with Gasteiger partial charge in [-0.2, -0.15) is 0 Å². The van der Waals surface area contributed by atoms with Crippen LogP contribution in [0.2, 0.25) is 5.02 Å². The number of halogens is 1. The topological polar surface area (TPSA) is 87.0 Å². The Bertz CT molecular complexity index is 1110. The van der Waals surface area contributed by atoms with E-state index in [1.165, 1.54) is 0 Å². The third kappa shape index (κ3) is 5.44. The molecule has 0 aliphatic heterocycles. The Kier molecular flexibility index (Phi) is 8.19. The van der Waals surface area contributed by atoms with Crippen LogP contribution >= 0.6 is 11.6 Å². The SMILES string of the molecule is COc1ccc(CCNC(=O)c2ccc(C[S@](=O)c3ccccc3Cl)o2)c(OC)c1OC. The van der Waals surface area contributed by atoms with Crippen LogP contribution in [0.3, 0.4) is 0 Å². The first-order chi connectivity index (χ1) is 15.5. The third-order valence-corrected chi connectivity index (χ3v) is 6.54. The van der Waals surface area contributed by atoms with Crippen LogP contribution in [-0.4, -0.2) is 38.0 Å². The predicted octanol–water partition coefficient (Wildman–Crippen LogP) is 4.24. The number of amides is 1. The largest absolute Gasteiger partial charge is 0.493 e. The summed E-state index contributed by atoms with van der Waals surface area (Å²) in [7, 11) is 3.27. The lowest BCUT2D eigenvalue weighted by Crippen LogP contribution is -2.25. The van der Waals surface area contributed by atoms with Gasteiger partial charge in [0.25, 0.3) is 5.91 Å². The van der Waals surface area contributed by atoms with Crippen LogP contribution in [0.1, 0.15) is 21.9 Å². The van der Waals surface area contributed by atoms with E-state index in [0.717, 1.165) is 5.56 Å². The van der Waals surface area contributed by atoms with Crippen molar-refractivity contribution < 1.29 is 27.6 Å². The molecular formula is C23H24ClNO6S. The van der Waals surface area contributed by atoms with Crippen LogP contribution in [0.15, 0.2) is 57.8 Å². The predicted molar refractivity (Wildman–Crippen MR) is 122 cm³/mol. The van der Waals surface area contributed by atoms with Gasteiger partial charge in [-0.3, -0.25) is 9.00 Å². The van der Waals surface area contributed by atoms with Crippen molar-refractivity contribution in [2.24, 2.45) is 0 Å². The Hall–Kier alpha value is -2.97. The molecule has 0 aliphatic rings. The number of carbonyl (C=O) groups is 1. The molecule has 1 atom stereocenters. The van der Waals surface area contributed by atoms with E-state index in [2.05, 4.69) is 5.32 Å². The van der Waals surface area contributed by atoms with Gasteiger partial charge in [0.2, 0.25) is 5.75 Å². The second-order valence-corrected chi connectivity index (χ2v) is 8.51. The Morgan fingerprint density at radius 1 is 1.00 bits per heavy atom. The number of furan rings is 1. The molecule has 3 aromatic rings. The van der Waals surface area contributed by atoms with Crippen LogP contribution in [0, 0.1) is 0 Å². The van der Waals surface area contributed by atoms with Crippen molar-refractivity contribution in [1.29, 1.82) is 0 Å². The van der Waals surface area contributed by atoms with Gasteiger partial charge in [0.1, 0.15) is 5.76 Å². The second kappa shape index (κ2) is 11.1. The van der Waals surface area contributed by atoms with Crippen LogP contribution in [0.25, 0.3) is 0 Å². The first kappa shape index (κ1) is 23.7. The van der Waals surface area contributed by atoms with E-state index in [4.69, 9.17) is 30.2 Å². The molecule has 9 heteroatoms. The molecule has 32 heavy (non-hydrogen) atoms. The summed E-state index contributed by atoms with van der Waals surface area (Å²) < 4.78 is 34.2. The van der Waals surface area contributed by atoms with Gasteiger partial charge < -0.3 is 23.9 Å². The Balaban J connectivity index is 1.59. The molecule has 1 N–H and O–H groups in total. The van der Waals surface area contributed by atoms with Crippen molar-refractivity contribution in [2.75, 3.05) is 27.9 Å². The molecule has 0 saturated carbocycles. The first-order valence-electron chi connectivity index (χ1n) is 9.76. The molecule has 1 aromatic heterocycles. The Morgan fingerprint density at radius 2 is 1.75 bits per heavy atom. The quantitative estimate of drug-likeness (QED) is 0.470. The first-order valence-corrected chi connectivity index (χ1v) is 11.5. The average Bonchev–Trinajstić information content (AvgIpc) is 3.27. The van der Waals surface area contributed by atoms with Gasteiger partial charge in [-0.1, -0.05) is 29.8 Å². The number of hydrogen-bond donors (Lipinski definition) is 1. The fraction of sp³-hybridized carbons (Fsp3) is 0.261. The van der Waals surface area contributed by atoms with E-state index in [1.54, 1.807) is 63.8 Å². The minimum absolute atomic E-state index is 0.125. The van der Waals surface area contributed by atoms with E-state index in [1.807, 2.05) is 6.07 Å². The zero-order chi connectivity index (χ0) is 23.1. The fourth-order valence-corrected chi connectivity index (χ4v) is 4.65. The zero-order valence-corrected chi connectivity index (χ0v) is 19.5. The highest BCUT2D eigenvalue weighted by molar-refractivity contribution is 7.84. The van der Waals surface area contributed by atoms with Crippen LogP contribution in [0.4, 0.5) is 0 Å². The van der Waals surface area contributed by atoms with Crippen LogP contribution in [-0.2, 0) is 23.0 Å². The fourth-order valence-electron chi connectivity index (χ4n) is 3.17. The van der Waals surface area contributed by atoms with Gasteiger partial charge in [0.05, 0.1) is 47.8 Å². The molecule has 170 valence electrons. The van der Waals surface area contributed by atoms with Crippen molar-refractivity contribution in [3.63, 3.8) is 0 Å². The summed E-state index contributed by atoms with van der Waals surface area (Å²) in [6.45, 7) is 0.353. The summed E-state index contributed by atoms with van der Waals surface area (Å²) in [5, 5.41) is 3.25. The molecule has 1 amide bonds. The monoisotopic (exact) mass is 477 g/mol. The minimum Gasteiger partial charge on any atom is -0.493 e. The van der Waals surface area contributed by atoms with Crippen molar-refractivity contribution >= 4 is 28.3 Å². The van der Waals surface area contributed by atoms with E-state index in [9.17, 15) is 9.00 Å². The molecule has 3 rings (SSSR count). The van der Waals surface area contributed by atoms with Crippen molar-refractivity contribution in [1.82, 2.24) is 5.32 Å². The summed E-state index contributed by atoms with van der Waals surface area (Å²) in [5.74, 6) is 1.98. The van der Waals surface area contributed by atoms with Gasteiger partial charge in [-0.25, -0.2) is 0 Å². The molecule has 0 aliphatic carbocycles. The summed E-state index contributed by atoms with van der Waals surface area (Å²) in [6, 6.07) is 13.8. The summed E-state index contributed by atoms with van der Waals surface area (Å²) in [6.07, 6.45) is 0.513. The maximum Gasteiger partial charge on any atom is 0.287 e. The maximum atomic E-state index is 12.5.